The molecule has 3 rings (SSSR count). The molecule has 3 N–H and O–H groups in total. The lowest BCUT2D eigenvalue weighted by atomic mass is 9.90. The van der Waals surface area contributed by atoms with Crippen molar-refractivity contribution in [2.24, 2.45) is 5.73 Å². The van der Waals surface area contributed by atoms with Gasteiger partial charge in [0.1, 0.15) is 0 Å². The second-order valence-corrected chi connectivity index (χ2v) is 5.83. The summed E-state index contributed by atoms with van der Waals surface area (Å²) in [5.74, 6) is 0. The maximum atomic E-state index is 9.87. The van der Waals surface area contributed by atoms with Crippen LogP contribution in [0.2, 0.25) is 0 Å². The highest BCUT2D eigenvalue weighted by Crippen LogP contribution is 2.29. The number of anilines is 1. The summed E-state index contributed by atoms with van der Waals surface area (Å²) >= 11 is 0. The van der Waals surface area contributed by atoms with Crippen molar-refractivity contribution in [1.29, 1.82) is 0 Å². The van der Waals surface area contributed by atoms with Crippen LogP contribution in [0.4, 0.5) is 5.69 Å². The van der Waals surface area contributed by atoms with E-state index in [0.717, 1.165) is 24.9 Å². The molecule has 1 aliphatic heterocycles. The SMILES string of the molecule is NC(CO)(CN1CCCc2ccccc21)c1ccccc1. The van der Waals surface area contributed by atoms with Gasteiger partial charge in [-0.05, 0) is 30.0 Å². The van der Waals surface area contributed by atoms with Gasteiger partial charge in [-0.3, -0.25) is 0 Å². The van der Waals surface area contributed by atoms with E-state index >= 15 is 0 Å². The Bertz CT molecular complexity index is 599. The molecule has 3 nitrogen and oxygen atoms in total. The van der Waals surface area contributed by atoms with Gasteiger partial charge < -0.3 is 15.7 Å². The molecule has 0 bridgehead atoms. The average Bonchev–Trinajstić information content (AvgIpc) is 2.56. The number of hydrogen-bond donors (Lipinski definition) is 2. The van der Waals surface area contributed by atoms with Gasteiger partial charge in [-0.25, -0.2) is 0 Å². The molecule has 3 heteroatoms. The number of aliphatic hydroxyl groups excluding tert-OH is 1. The Hall–Kier alpha value is -1.84. The maximum absolute atomic E-state index is 9.87. The van der Waals surface area contributed by atoms with Crippen molar-refractivity contribution in [3.8, 4) is 0 Å². The first-order valence-corrected chi connectivity index (χ1v) is 7.51. The number of hydrogen-bond acceptors (Lipinski definition) is 3. The third kappa shape index (κ3) is 2.80. The quantitative estimate of drug-likeness (QED) is 0.904. The first-order valence-electron chi connectivity index (χ1n) is 7.51. The van der Waals surface area contributed by atoms with E-state index in [0.29, 0.717) is 6.54 Å². The van der Waals surface area contributed by atoms with Crippen LogP contribution in [-0.4, -0.2) is 24.8 Å². The van der Waals surface area contributed by atoms with Crippen LogP contribution < -0.4 is 10.6 Å². The predicted octanol–water partition coefficient (Wildman–Crippen LogP) is 2.29. The minimum atomic E-state index is -0.730. The summed E-state index contributed by atoms with van der Waals surface area (Å²) in [6, 6.07) is 18.4. The molecule has 0 saturated carbocycles. The smallest absolute Gasteiger partial charge is 0.0821 e. The second kappa shape index (κ2) is 5.88. The number of benzene rings is 2. The third-order valence-corrected chi connectivity index (χ3v) is 4.31. The Kier molecular flexibility index (Phi) is 3.95. The van der Waals surface area contributed by atoms with Crippen LogP contribution in [0.25, 0.3) is 0 Å². The number of aryl methyl sites for hydroxylation is 1. The molecular formula is C18H22N2O. The van der Waals surface area contributed by atoms with E-state index in [-0.39, 0.29) is 6.61 Å². The standard InChI is InChI=1S/C18H22N2O/c19-18(14-21,16-9-2-1-3-10-16)13-20-12-6-8-15-7-4-5-11-17(15)20/h1-5,7,9-11,21H,6,8,12-14,19H2. The molecule has 0 spiro atoms. The van der Waals surface area contributed by atoms with Crippen LogP contribution in [0.3, 0.4) is 0 Å². The highest BCUT2D eigenvalue weighted by molar-refractivity contribution is 5.56. The number of aliphatic hydroxyl groups is 1. The predicted molar refractivity (Wildman–Crippen MR) is 86.4 cm³/mol. The van der Waals surface area contributed by atoms with Crippen molar-refractivity contribution in [3.05, 3.63) is 65.7 Å². The molecule has 1 unspecified atom stereocenters. The second-order valence-electron chi connectivity index (χ2n) is 5.83. The van der Waals surface area contributed by atoms with E-state index in [1.54, 1.807) is 0 Å². The van der Waals surface area contributed by atoms with E-state index in [9.17, 15) is 5.11 Å². The topological polar surface area (TPSA) is 49.5 Å². The summed E-state index contributed by atoms with van der Waals surface area (Å²) in [4.78, 5) is 2.31. The summed E-state index contributed by atoms with van der Waals surface area (Å²) in [7, 11) is 0. The molecule has 0 aromatic heterocycles. The molecule has 0 amide bonds. The van der Waals surface area contributed by atoms with Crippen molar-refractivity contribution >= 4 is 5.69 Å². The Morgan fingerprint density at radius 2 is 1.76 bits per heavy atom. The van der Waals surface area contributed by atoms with E-state index < -0.39 is 5.54 Å². The lowest BCUT2D eigenvalue weighted by Gasteiger charge is -2.38. The van der Waals surface area contributed by atoms with Crippen molar-refractivity contribution in [3.63, 3.8) is 0 Å². The molecule has 0 aliphatic carbocycles. The van der Waals surface area contributed by atoms with Gasteiger partial charge in [-0.1, -0.05) is 48.5 Å². The van der Waals surface area contributed by atoms with Gasteiger partial charge in [0, 0.05) is 18.8 Å². The van der Waals surface area contributed by atoms with Crippen LogP contribution in [0.1, 0.15) is 17.5 Å². The zero-order valence-electron chi connectivity index (χ0n) is 12.2. The van der Waals surface area contributed by atoms with Gasteiger partial charge >= 0.3 is 0 Å². The molecule has 1 heterocycles. The Balaban J connectivity index is 1.89. The molecule has 1 aliphatic rings. The summed E-state index contributed by atoms with van der Waals surface area (Å²) in [5.41, 5.74) is 9.39. The van der Waals surface area contributed by atoms with Crippen LogP contribution >= 0.6 is 0 Å². The van der Waals surface area contributed by atoms with Crippen molar-refractivity contribution < 1.29 is 5.11 Å². The summed E-state index contributed by atoms with van der Waals surface area (Å²) in [5, 5.41) is 9.87. The zero-order chi connectivity index (χ0) is 14.7. The maximum Gasteiger partial charge on any atom is 0.0821 e. The van der Waals surface area contributed by atoms with E-state index in [1.165, 1.54) is 11.3 Å². The van der Waals surface area contributed by atoms with Gasteiger partial charge in [-0.15, -0.1) is 0 Å². The summed E-state index contributed by atoms with van der Waals surface area (Å²) in [6.07, 6.45) is 2.25. The van der Waals surface area contributed by atoms with Crippen molar-refractivity contribution in [2.45, 2.75) is 18.4 Å². The van der Waals surface area contributed by atoms with E-state index in [1.807, 2.05) is 30.3 Å². The fourth-order valence-corrected chi connectivity index (χ4v) is 3.12. The van der Waals surface area contributed by atoms with Crippen LogP contribution in [0, 0.1) is 0 Å². The van der Waals surface area contributed by atoms with Crippen LogP contribution in [0.5, 0.6) is 0 Å². The van der Waals surface area contributed by atoms with Crippen molar-refractivity contribution in [1.82, 2.24) is 0 Å². The number of para-hydroxylation sites is 1. The van der Waals surface area contributed by atoms with Crippen molar-refractivity contribution in [2.75, 3.05) is 24.6 Å². The summed E-state index contributed by atoms with van der Waals surface area (Å²) in [6.45, 7) is 1.56. The van der Waals surface area contributed by atoms with Gasteiger partial charge in [0.25, 0.3) is 0 Å². The minimum absolute atomic E-state index is 0.0598. The largest absolute Gasteiger partial charge is 0.394 e. The molecule has 110 valence electrons. The fraction of sp³-hybridized carbons (Fsp3) is 0.333. The lowest BCUT2D eigenvalue weighted by Crippen LogP contribution is -2.51. The number of nitrogens with two attached hydrogens (primary N) is 1. The Labute approximate surface area is 126 Å². The van der Waals surface area contributed by atoms with E-state index in [2.05, 4.69) is 29.2 Å². The first-order chi connectivity index (χ1) is 10.2. The molecule has 0 radical (unpaired) electrons. The molecule has 0 saturated heterocycles. The van der Waals surface area contributed by atoms with E-state index in [4.69, 9.17) is 5.73 Å². The molecule has 2 aromatic carbocycles. The number of nitrogens with zero attached hydrogens (tertiary/aromatic N) is 1. The Morgan fingerprint density at radius 3 is 2.52 bits per heavy atom. The lowest BCUT2D eigenvalue weighted by molar-refractivity contribution is 0.198. The van der Waals surface area contributed by atoms with Gasteiger partial charge in [-0.2, -0.15) is 0 Å². The number of fused-ring (bicyclic) bond motifs is 1. The van der Waals surface area contributed by atoms with Gasteiger partial charge in [0.2, 0.25) is 0 Å². The first kappa shape index (κ1) is 14.1. The normalized spacial score (nSPS) is 17.1. The molecular weight excluding hydrogens is 260 g/mol. The Morgan fingerprint density at radius 1 is 1.05 bits per heavy atom. The third-order valence-electron chi connectivity index (χ3n) is 4.31. The highest BCUT2D eigenvalue weighted by atomic mass is 16.3. The highest BCUT2D eigenvalue weighted by Gasteiger charge is 2.30. The fourth-order valence-electron chi connectivity index (χ4n) is 3.12. The molecule has 21 heavy (non-hydrogen) atoms. The molecule has 0 fully saturated rings. The molecule has 2 aromatic rings. The van der Waals surface area contributed by atoms with Crippen LogP contribution in [0.15, 0.2) is 54.6 Å². The monoisotopic (exact) mass is 282 g/mol. The zero-order valence-corrected chi connectivity index (χ0v) is 12.2. The van der Waals surface area contributed by atoms with Crippen LogP contribution in [-0.2, 0) is 12.0 Å². The van der Waals surface area contributed by atoms with Gasteiger partial charge in [0.05, 0.1) is 12.1 Å². The van der Waals surface area contributed by atoms with Gasteiger partial charge in [0.15, 0.2) is 0 Å². The molecule has 1 atom stereocenters. The minimum Gasteiger partial charge on any atom is -0.394 e. The number of rotatable bonds is 4. The average molecular weight is 282 g/mol. The summed E-state index contributed by atoms with van der Waals surface area (Å²) < 4.78 is 0.